The fourth-order valence-electron chi connectivity index (χ4n) is 3.30. The molecular formula is C10H20O3Si. The Morgan fingerprint density at radius 1 is 1.00 bits per heavy atom. The van der Waals surface area contributed by atoms with Gasteiger partial charge in [-0.1, -0.05) is 12.8 Å². The number of hydrogen-bond acceptors (Lipinski definition) is 3. The third-order valence-corrected chi connectivity index (χ3v) is 7.38. The molecule has 0 N–H and O–H groups in total. The van der Waals surface area contributed by atoms with E-state index in [0.29, 0.717) is 5.54 Å². The highest BCUT2D eigenvalue weighted by molar-refractivity contribution is 6.62. The minimum Gasteiger partial charge on any atom is -0.377 e. The first-order valence-corrected chi connectivity index (χ1v) is 7.23. The standard InChI is InChI=1S/C10H20O3Si/c1-11-14(12-2,13-3)10-7-8-5-4-6-9(8)10/h8-10H,4-7H2,1-3H3. The lowest BCUT2D eigenvalue weighted by atomic mass is 9.76. The van der Waals surface area contributed by atoms with Crippen molar-refractivity contribution in [3.8, 4) is 0 Å². The summed E-state index contributed by atoms with van der Waals surface area (Å²) in [6.07, 6.45) is 5.39. The maximum Gasteiger partial charge on any atom is 0.503 e. The molecule has 0 aromatic heterocycles. The molecule has 2 saturated carbocycles. The normalized spacial score (nSPS) is 36.6. The average molecular weight is 216 g/mol. The SMILES string of the molecule is CO[Si](OC)(OC)C1CC2CCCC21. The second-order valence-corrected chi connectivity index (χ2v) is 7.59. The molecule has 3 atom stereocenters. The first-order chi connectivity index (χ1) is 6.77. The van der Waals surface area contributed by atoms with Gasteiger partial charge in [0.25, 0.3) is 0 Å². The van der Waals surface area contributed by atoms with Gasteiger partial charge in [0.1, 0.15) is 0 Å². The van der Waals surface area contributed by atoms with Crippen LogP contribution in [0.1, 0.15) is 25.7 Å². The molecule has 0 heterocycles. The summed E-state index contributed by atoms with van der Waals surface area (Å²) in [6, 6.07) is 0. The zero-order valence-corrected chi connectivity index (χ0v) is 10.3. The van der Waals surface area contributed by atoms with E-state index in [1.165, 1.54) is 25.7 Å². The van der Waals surface area contributed by atoms with Gasteiger partial charge in [-0.05, 0) is 24.7 Å². The van der Waals surface area contributed by atoms with Gasteiger partial charge in [-0.3, -0.25) is 0 Å². The summed E-state index contributed by atoms with van der Waals surface area (Å²) in [7, 11) is 2.85. The second-order valence-electron chi connectivity index (χ2n) is 4.41. The molecule has 82 valence electrons. The van der Waals surface area contributed by atoms with Crippen LogP contribution in [0.4, 0.5) is 0 Å². The second kappa shape index (κ2) is 3.93. The Labute approximate surface area is 87.1 Å². The van der Waals surface area contributed by atoms with Crippen LogP contribution in [-0.4, -0.2) is 30.1 Å². The largest absolute Gasteiger partial charge is 0.503 e. The highest BCUT2D eigenvalue weighted by Gasteiger charge is 2.59. The van der Waals surface area contributed by atoms with E-state index in [1.54, 1.807) is 21.3 Å². The molecule has 0 bridgehead atoms. The van der Waals surface area contributed by atoms with Crippen molar-refractivity contribution < 1.29 is 13.3 Å². The molecule has 2 aliphatic rings. The van der Waals surface area contributed by atoms with Gasteiger partial charge < -0.3 is 13.3 Å². The van der Waals surface area contributed by atoms with Gasteiger partial charge in [-0.25, -0.2) is 0 Å². The van der Waals surface area contributed by atoms with Crippen LogP contribution in [0.2, 0.25) is 5.54 Å². The lowest BCUT2D eigenvalue weighted by Gasteiger charge is -2.46. The number of rotatable bonds is 4. The first kappa shape index (κ1) is 10.6. The predicted molar refractivity (Wildman–Crippen MR) is 56.0 cm³/mol. The fourth-order valence-corrected chi connectivity index (χ4v) is 6.27. The highest BCUT2D eigenvalue weighted by atomic mass is 28.4. The lowest BCUT2D eigenvalue weighted by molar-refractivity contribution is 0.0614. The summed E-state index contributed by atoms with van der Waals surface area (Å²) < 4.78 is 16.6. The number of fused-ring (bicyclic) bond motifs is 1. The van der Waals surface area contributed by atoms with Crippen LogP contribution in [0, 0.1) is 11.8 Å². The summed E-state index contributed by atoms with van der Waals surface area (Å²) in [5, 5.41) is 0. The zero-order chi connectivity index (χ0) is 10.2. The van der Waals surface area contributed by atoms with E-state index in [2.05, 4.69) is 0 Å². The van der Waals surface area contributed by atoms with Crippen molar-refractivity contribution >= 4 is 8.80 Å². The van der Waals surface area contributed by atoms with Crippen LogP contribution in [-0.2, 0) is 13.3 Å². The van der Waals surface area contributed by atoms with E-state index in [0.717, 1.165) is 11.8 Å². The van der Waals surface area contributed by atoms with Crippen molar-refractivity contribution in [2.24, 2.45) is 11.8 Å². The Balaban J connectivity index is 2.05. The van der Waals surface area contributed by atoms with E-state index in [1.807, 2.05) is 0 Å². The average Bonchev–Trinajstić information content (AvgIpc) is 2.56. The number of hydrogen-bond donors (Lipinski definition) is 0. The highest BCUT2D eigenvalue weighted by Crippen LogP contribution is 2.58. The van der Waals surface area contributed by atoms with E-state index in [-0.39, 0.29) is 0 Å². The van der Waals surface area contributed by atoms with Gasteiger partial charge in [0.05, 0.1) is 0 Å². The Kier molecular flexibility index (Phi) is 2.97. The van der Waals surface area contributed by atoms with Gasteiger partial charge >= 0.3 is 8.80 Å². The Bertz CT molecular complexity index is 197. The van der Waals surface area contributed by atoms with Crippen molar-refractivity contribution in [2.75, 3.05) is 21.3 Å². The third-order valence-electron chi connectivity index (χ3n) is 4.10. The predicted octanol–water partition coefficient (Wildman–Crippen LogP) is 2.05. The third kappa shape index (κ3) is 1.36. The van der Waals surface area contributed by atoms with Crippen LogP contribution in [0.25, 0.3) is 0 Å². The molecule has 2 fully saturated rings. The molecule has 3 nitrogen and oxygen atoms in total. The van der Waals surface area contributed by atoms with E-state index in [9.17, 15) is 0 Å². The Hall–Kier alpha value is 0.0969. The van der Waals surface area contributed by atoms with Crippen molar-refractivity contribution in [1.82, 2.24) is 0 Å². The van der Waals surface area contributed by atoms with E-state index in [4.69, 9.17) is 13.3 Å². The minimum absolute atomic E-state index is 0.565. The molecule has 0 amide bonds. The van der Waals surface area contributed by atoms with Crippen molar-refractivity contribution in [1.29, 1.82) is 0 Å². The topological polar surface area (TPSA) is 27.7 Å². The first-order valence-electron chi connectivity index (χ1n) is 5.43. The zero-order valence-electron chi connectivity index (χ0n) is 9.29. The summed E-state index contributed by atoms with van der Waals surface area (Å²) in [5.41, 5.74) is 0.565. The van der Waals surface area contributed by atoms with Gasteiger partial charge in [-0.2, -0.15) is 0 Å². The summed E-state index contributed by atoms with van der Waals surface area (Å²) in [6.45, 7) is 0. The molecule has 4 heteroatoms. The van der Waals surface area contributed by atoms with Crippen molar-refractivity contribution in [2.45, 2.75) is 31.2 Å². The van der Waals surface area contributed by atoms with Crippen LogP contribution in [0.3, 0.4) is 0 Å². The van der Waals surface area contributed by atoms with Crippen LogP contribution >= 0.6 is 0 Å². The Morgan fingerprint density at radius 3 is 2.14 bits per heavy atom. The molecular weight excluding hydrogens is 196 g/mol. The van der Waals surface area contributed by atoms with Gasteiger partial charge in [0.15, 0.2) is 0 Å². The minimum atomic E-state index is -2.32. The maximum absolute atomic E-state index is 5.54. The molecule has 0 aromatic carbocycles. The van der Waals surface area contributed by atoms with Crippen LogP contribution in [0.5, 0.6) is 0 Å². The molecule has 0 spiro atoms. The lowest BCUT2D eigenvalue weighted by Crippen LogP contribution is -2.55. The molecule has 0 aliphatic heterocycles. The van der Waals surface area contributed by atoms with Gasteiger partial charge in [-0.15, -0.1) is 0 Å². The molecule has 14 heavy (non-hydrogen) atoms. The Morgan fingerprint density at radius 2 is 1.64 bits per heavy atom. The molecule has 0 saturated heterocycles. The monoisotopic (exact) mass is 216 g/mol. The van der Waals surface area contributed by atoms with Crippen LogP contribution < -0.4 is 0 Å². The fraction of sp³-hybridized carbons (Fsp3) is 1.00. The van der Waals surface area contributed by atoms with E-state index < -0.39 is 8.80 Å². The van der Waals surface area contributed by atoms with Gasteiger partial charge in [0.2, 0.25) is 0 Å². The molecule has 2 aliphatic carbocycles. The summed E-state index contributed by atoms with van der Waals surface area (Å²) >= 11 is 0. The smallest absolute Gasteiger partial charge is 0.377 e. The quantitative estimate of drug-likeness (QED) is 0.673. The van der Waals surface area contributed by atoms with Gasteiger partial charge in [0, 0.05) is 26.9 Å². The van der Waals surface area contributed by atoms with Crippen molar-refractivity contribution in [3.63, 3.8) is 0 Å². The maximum atomic E-state index is 5.54. The van der Waals surface area contributed by atoms with Crippen molar-refractivity contribution in [3.05, 3.63) is 0 Å². The summed E-state index contributed by atoms with van der Waals surface area (Å²) in [4.78, 5) is 0. The molecule has 2 rings (SSSR count). The molecule has 0 aromatic rings. The molecule has 0 radical (unpaired) electrons. The van der Waals surface area contributed by atoms with Crippen LogP contribution in [0.15, 0.2) is 0 Å². The van der Waals surface area contributed by atoms with E-state index >= 15 is 0 Å². The summed E-state index contributed by atoms with van der Waals surface area (Å²) in [5.74, 6) is 1.76. The molecule has 3 unspecified atom stereocenters.